The van der Waals surface area contributed by atoms with E-state index in [1.54, 1.807) is 0 Å². The normalized spacial score (nSPS) is 19.2. The second-order valence-corrected chi connectivity index (χ2v) is 14.1. The van der Waals surface area contributed by atoms with E-state index >= 15 is 0 Å². The summed E-state index contributed by atoms with van der Waals surface area (Å²) in [5.41, 5.74) is 2.71. The maximum Gasteiger partial charge on any atom is 0.336 e. The summed E-state index contributed by atoms with van der Waals surface area (Å²) in [6.45, 7) is 13.5. The van der Waals surface area contributed by atoms with Gasteiger partial charge in [0.25, 0.3) is 5.91 Å². The van der Waals surface area contributed by atoms with Crippen molar-refractivity contribution in [1.29, 1.82) is 0 Å². The molecule has 3 unspecified atom stereocenters. The van der Waals surface area contributed by atoms with Gasteiger partial charge in [-0.25, -0.2) is 14.6 Å². The van der Waals surface area contributed by atoms with Crippen LogP contribution >= 0.6 is 0 Å². The number of carbonyl (C=O) groups is 6. The van der Waals surface area contributed by atoms with Crippen LogP contribution in [-0.4, -0.2) is 88.8 Å². The van der Waals surface area contributed by atoms with Crippen LogP contribution in [-0.2, 0) is 19.2 Å². The van der Waals surface area contributed by atoms with Crippen LogP contribution in [0.3, 0.4) is 0 Å². The number of nitrogens with zero attached hydrogens (tertiary/aromatic N) is 3. The molecule has 0 spiro atoms. The summed E-state index contributed by atoms with van der Waals surface area (Å²) in [7, 11) is 0. The molecule has 2 heterocycles. The molecule has 0 bridgehead atoms. The third-order valence-electron chi connectivity index (χ3n) is 8.43. The molecule has 0 aliphatic carbocycles. The molecular weight excluding hydrogens is 590 g/mol. The van der Waals surface area contributed by atoms with Gasteiger partial charge >= 0.3 is 12.1 Å². The van der Waals surface area contributed by atoms with E-state index in [9.17, 15) is 28.8 Å². The molecule has 46 heavy (non-hydrogen) atoms. The van der Waals surface area contributed by atoms with Gasteiger partial charge in [-0.3, -0.25) is 29.5 Å². The van der Waals surface area contributed by atoms with Crippen LogP contribution in [0.15, 0.2) is 30.3 Å². The van der Waals surface area contributed by atoms with Crippen LogP contribution < -0.4 is 21.4 Å². The average molecular weight is 642 g/mol. The summed E-state index contributed by atoms with van der Waals surface area (Å²) in [6.07, 6.45) is 2.12. The van der Waals surface area contributed by atoms with Gasteiger partial charge in [-0.05, 0) is 42.6 Å². The van der Waals surface area contributed by atoms with E-state index in [1.165, 1.54) is 14.8 Å². The van der Waals surface area contributed by atoms with Crippen LogP contribution in [0.25, 0.3) is 0 Å². The highest BCUT2D eigenvalue weighted by Crippen LogP contribution is 2.32. The zero-order valence-corrected chi connectivity index (χ0v) is 28.3. The lowest BCUT2D eigenvalue weighted by atomic mass is 9.80. The Bertz CT molecular complexity index is 1260. The van der Waals surface area contributed by atoms with Crippen molar-refractivity contribution >= 4 is 35.7 Å². The van der Waals surface area contributed by atoms with E-state index in [0.717, 1.165) is 5.56 Å². The van der Waals surface area contributed by atoms with Gasteiger partial charge in [0.05, 0.1) is 18.6 Å². The molecule has 3 rings (SSSR count). The fourth-order valence-corrected chi connectivity index (χ4v) is 5.67. The van der Waals surface area contributed by atoms with Crippen molar-refractivity contribution in [2.75, 3.05) is 26.2 Å². The standard InChI is InChI=1S/C33H51N7O6/c1-8-16-40(31(46)35-22(2)23-13-10-9-11-14-23)37-29(44)24-15-12-17-38(24)28(43)20-34-30(45)36-25(32(3,4)5)21-39-26(41)18-33(6,7)19-27(39)42/h9-11,13-14,22,24-25H,8,12,15-21H2,1-7H3,(H,35,46)(H,37,44)(H2,34,36,45). The molecule has 0 radical (unpaired) electrons. The topological polar surface area (TPSA) is 160 Å². The fourth-order valence-electron chi connectivity index (χ4n) is 5.67. The van der Waals surface area contributed by atoms with Gasteiger partial charge in [0, 0.05) is 32.5 Å². The number of hydrazine groups is 1. The van der Waals surface area contributed by atoms with Gasteiger partial charge in [-0.15, -0.1) is 0 Å². The molecule has 8 amide bonds. The number of piperidine rings is 1. The average Bonchev–Trinajstić information content (AvgIpc) is 3.46. The van der Waals surface area contributed by atoms with Crippen molar-refractivity contribution in [3.8, 4) is 0 Å². The highest BCUT2D eigenvalue weighted by Gasteiger charge is 2.40. The van der Waals surface area contributed by atoms with Gasteiger partial charge in [0.15, 0.2) is 0 Å². The lowest BCUT2D eigenvalue weighted by molar-refractivity contribution is -0.153. The first-order valence-electron chi connectivity index (χ1n) is 16.1. The Morgan fingerprint density at radius 2 is 1.65 bits per heavy atom. The number of carbonyl (C=O) groups excluding carboxylic acids is 6. The third-order valence-corrected chi connectivity index (χ3v) is 8.43. The smallest absolute Gasteiger partial charge is 0.333 e. The zero-order valence-electron chi connectivity index (χ0n) is 28.3. The minimum Gasteiger partial charge on any atom is -0.333 e. The van der Waals surface area contributed by atoms with Crippen LogP contribution in [0.2, 0.25) is 0 Å². The Balaban J connectivity index is 1.56. The van der Waals surface area contributed by atoms with E-state index in [4.69, 9.17) is 0 Å². The molecule has 2 saturated heterocycles. The Kier molecular flexibility index (Phi) is 12.2. The lowest BCUT2D eigenvalue weighted by Gasteiger charge is -2.39. The molecule has 13 nitrogen and oxygen atoms in total. The van der Waals surface area contributed by atoms with Crippen LogP contribution in [0.1, 0.15) is 92.2 Å². The van der Waals surface area contributed by atoms with Gasteiger partial charge in [-0.2, -0.15) is 0 Å². The molecule has 4 N–H and O–H groups in total. The SMILES string of the molecule is CCCN(NC(=O)C1CCCN1C(=O)CNC(=O)NC(CN1C(=O)CC(C)(C)CC1=O)C(C)(C)C)C(=O)NC(C)c1ccccc1. The van der Waals surface area contributed by atoms with Gasteiger partial charge in [-0.1, -0.05) is 71.9 Å². The van der Waals surface area contributed by atoms with Crippen LogP contribution in [0.4, 0.5) is 9.59 Å². The fraction of sp³-hybridized carbons (Fsp3) is 0.636. The summed E-state index contributed by atoms with van der Waals surface area (Å²) in [6, 6.07) is 6.77. The Morgan fingerprint density at radius 1 is 1.02 bits per heavy atom. The molecule has 2 aliphatic heterocycles. The molecule has 1 aromatic rings. The maximum atomic E-state index is 13.3. The van der Waals surface area contributed by atoms with E-state index < -0.39 is 46.8 Å². The monoisotopic (exact) mass is 641 g/mol. The highest BCUT2D eigenvalue weighted by molar-refractivity contribution is 5.98. The zero-order chi connectivity index (χ0) is 34.2. The quantitative estimate of drug-likeness (QED) is 0.227. The van der Waals surface area contributed by atoms with E-state index in [0.29, 0.717) is 25.8 Å². The van der Waals surface area contributed by atoms with Crippen molar-refractivity contribution in [2.45, 2.75) is 98.7 Å². The Hall–Kier alpha value is -4.16. The molecule has 1 aromatic carbocycles. The van der Waals surface area contributed by atoms with Crippen LogP contribution in [0.5, 0.6) is 0 Å². The number of nitrogens with one attached hydrogen (secondary N) is 4. The van der Waals surface area contributed by atoms with Crippen molar-refractivity contribution < 1.29 is 28.8 Å². The molecule has 254 valence electrons. The van der Waals surface area contributed by atoms with Crippen molar-refractivity contribution in [1.82, 2.24) is 36.2 Å². The molecule has 2 fully saturated rings. The highest BCUT2D eigenvalue weighted by atomic mass is 16.2. The van der Waals surface area contributed by atoms with Gasteiger partial charge in [0.1, 0.15) is 6.04 Å². The lowest BCUT2D eigenvalue weighted by Crippen LogP contribution is -2.58. The van der Waals surface area contributed by atoms with Crippen molar-refractivity contribution in [3.63, 3.8) is 0 Å². The number of urea groups is 2. The molecule has 0 saturated carbocycles. The minimum atomic E-state index is -0.793. The summed E-state index contributed by atoms with van der Waals surface area (Å²) in [5, 5.41) is 9.54. The van der Waals surface area contributed by atoms with Crippen molar-refractivity contribution in [2.24, 2.45) is 10.8 Å². The molecule has 3 atom stereocenters. The van der Waals surface area contributed by atoms with E-state index in [-0.39, 0.29) is 50.3 Å². The first kappa shape index (κ1) is 36.3. The second-order valence-electron chi connectivity index (χ2n) is 14.1. The number of imide groups is 1. The number of amides is 8. The predicted molar refractivity (Wildman–Crippen MR) is 173 cm³/mol. The largest absolute Gasteiger partial charge is 0.336 e. The summed E-state index contributed by atoms with van der Waals surface area (Å²) < 4.78 is 0. The van der Waals surface area contributed by atoms with Gasteiger partial charge in [0.2, 0.25) is 17.7 Å². The van der Waals surface area contributed by atoms with E-state index in [1.807, 2.05) is 78.8 Å². The second kappa shape index (κ2) is 15.4. The first-order valence-corrected chi connectivity index (χ1v) is 16.1. The predicted octanol–water partition coefficient (Wildman–Crippen LogP) is 3.08. The Labute approximate surface area is 272 Å². The Morgan fingerprint density at radius 3 is 2.24 bits per heavy atom. The molecule has 13 heteroatoms. The third kappa shape index (κ3) is 9.92. The minimum absolute atomic E-state index is 0.0267. The number of hydrogen-bond donors (Lipinski definition) is 4. The van der Waals surface area contributed by atoms with Gasteiger partial charge < -0.3 is 20.9 Å². The molecule has 2 aliphatic rings. The van der Waals surface area contributed by atoms with Crippen LogP contribution in [0, 0.1) is 10.8 Å². The summed E-state index contributed by atoms with van der Waals surface area (Å²) in [4.78, 5) is 80.5. The molecular formula is C33H51N7O6. The maximum absolute atomic E-state index is 13.3. The summed E-state index contributed by atoms with van der Waals surface area (Å²) in [5.74, 6) is -1.45. The molecule has 0 aromatic heterocycles. The summed E-state index contributed by atoms with van der Waals surface area (Å²) >= 11 is 0. The first-order chi connectivity index (χ1) is 21.5. The number of likely N-dealkylation sites (tertiary alicyclic amines) is 2. The van der Waals surface area contributed by atoms with E-state index in [2.05, 4.69) is 21.4 Å². The number of benzene rings is 1. The number of hydrogen-bond acceptors (Lipinski definition) is 6. The number of rotatable bonds is 10. The van der Waals surface area contributed by atoms with Crippen molar-refractivity contribution in [3.05, 3.63) is 35.9 Å².